The number of thiophene rings is 1. The van der Waals surface area contributed by atoms with Gasteiger partial charge in [-0.3, -0.25) is 0 Å². The normalized spacial score (nSPS) is 12.1. The Morgan fingerprint density at radius 1 is 1.00 bits per heavy atom. The highest BCUT2D eigenvalue weighted by molar-refractivity contribution is 7.12. The van der Waals surface area contributed by atoms with Crippen LogP contribution in [-0.4, -0.2) is 32.2 Å². The zero-order valence-electron chi connectivity index (χ0n) is 12.2. The predicted molar refractivity (Wildman–Crippen MR) is 78.9 cm³/mol. The van der Waals surface area contributed by atoms with Gasteiger partial charge in [-0.15, -0.1) is 11.3 Å². The molecular weight excluding hydrogens is 226 g/mol. The minimum atomic E-state index is 1.10. The van der Waals surface area contributed by atoms with Crippen LogP contribution in [0.2, 0.25) is 0 Å². The molecule has 0 aliphatic heterocycles. The van der Waals surface area contributed by atoms with Crippen molar-refractivity contribution in [3.63, 3.8) is 0 Å². The lowest BCUT2D eigenvalue weighted by Gasteiger charge is -2.23. The molecule has 1 aromatic heterocycles. The summed E-state index contributed by atoms with van der Waals surface area (Å²) in [5.41, 5.74) is 1.58. The summed E-state index contributed by atoms with van der Waals surface area (Å²) in [6, 6.07) is 2.37. The van der Waals surface area contributed by atoms with Crippen LogP contribution in [-0.2, 0) is 6.42 Å². The van der Waals surface area contributed by atoms with Gasteiger partial charge in [-0.25, -0.2) is 0 Å². The summed E-state index contributed by atoms with van der Waals surface area (Å²) < 4.78 is 1.10. The van der Waals surface area contributed by atoms with E-state index in [0.717, 1.165) is 4.48 Å². The third kappa shape index (κ3) is 6.23. The Bertz CT molecular complexity index is 333. The molecule has 2 heteroatoms. The molecule has 1 heterocycles. The lowest BCUT2D eigenvalue weighted by molar-refractivity contribution is -0.870. The fourth-order valence-electron chi connectivity index (χ4n) is 2.19. The second-order valence-electron chi connectivity index (χ2n) is 6.12. The first-order valence-corrected chi connectivity index (χ1v) is 7.56. The van der Waals surface area contributed by atoms with Crippen LogP contribution in [0.5, 0.6) is 0 Å². The maximum absolute atomic E-state index is 2.37. The molecule has 0 spiro atoms. The Morgan fingerprint density at radius 2 is 1.65 bits per heavy atom. The van der Waals surface area contributed by atoms with E-state index in [4.69, 9.17) is 0 Å². The van der Waals surface area contributed by atoms with Crippen molar-refractivity contribution in [2.75, 3.05) is 27.7 Å². The molecule has 17 heavy (non-hydrogen) atoms. The molecule has 0 fully saturated rings. The summed E-state index contributed by atoms with van der Waals surface area (Å²) >= 11 is 1.94. The van der Waals surface area contributed by atoms with Gasteiger partial charge in [0.15, 0.2) is 0 Å². The van der Waals surface area contributed by atoms with Crippen LogP contribution in [0.4, 0.5) is 0 Å². The average Bonchev–Trinajstić information content (AvgIpc) is 2.49. The lowest BCUT2D eigenvalue weighted by atomic mass is 10.1. The summed E-state index contributed by atoms with van der Waals surface area (Å²) in [5.74, 6) is 0. The van der Waals surface area contributed by atoms with Crippen LogP contribution in [0, 0.1) is 13.8 Å². The molecule has 0 amide bonds. The monoisotopic (exact) mass is 254 g/mol. The SMILES string of the molecule is Cc1cc(CCCCCC[N+](C)(C)C)c(C)s1. The molecule has 0 bridgehead atoms. The minimum Gasteiger partial charge on any atom is -0.331 e. The maximum atomic E-state index is 2.37. The molecule has 0 aliphatic carbocycles. The van der Waals surface area contributed by atoms with Gasteiger partial charge in [0.05, 0.1) is 27.7 Å². The highest BCUT2D eigenvalue weighted by atomic mass is 32.1. The van der Waals surface area contributed by atoms with Crippen LogP contribution in [0.15, 0.2) is 6.07 Å². The van der Waals surface area contributed by atoms with Gasteiger partial charge in [-0.05, 0) is 51.2 Å². The average molecular weight is 254 g/mol. The summed E-state index contributed by atoms with van der Waals surface area (Å²) in [6.07, 6.45) is 6.77. The van der Waals surface area contributed by atoms with Crippen molar-refractivity contribution in [3.05, 3.63) is 21.4 Å². The Kier molecular flexibility index (Phi) is 5.68. The third-order valence-corrected chi connectivity index (χ3v) is 4.18. The van der Waals surface area contributed by atoms with Crippen LogP contribution in [0.3, 0.4) is 0 Å². The molecule has 0 aromatic carbocycles. The molecule has 98 valence electrons. The van der Waals surface area contributed by atoms with Gasteiger partial charge < -0.3 is 4.48 Å². The van der Waals surface area contributed by atoms with Gasteiger partial charge in [-0.2, -0.15) is 0 Å². The van der Waals surface area contributed by atoms with Crippen molar-refractivity contribution < 1.29 is 4.48 Å². The van der Waals surface area contributed by atoms with Gasteiger partial charge in [0.25, 0.3) is 0 Å². The van der Waals surface area contributed by atoms with Gasteiger partial charge in [0.2, 0.25) is 0 Å². The summed E-state index contributed by atoms with van der Waals surface area (Å²) in [6.45, 7) is 5.77. The molecule has 0 N–H and O–H groups in total. The van der Waals surface area contributed by atoms with E-state index in [1.807, 2.05) is 11.3 Å². The van der Waals surface area contributed by atoms with Gasteiger partial charge in [-0.1, -0.05) is 6.42 Å². The minimum absolute atomic E-state index is 1.10. The van der Waals surface area contributed by atoms with Gasteiger partial charge in [0.1, 0.15) is 0 Å². The first-order valence-electron chi connectivity index (χ1n) is 6.75. The molecule has 0 saturated heterocycles. The van der Waals surface area contributed by atoms with Crippen LogP contribution < -0.4 is 0 Å². The Balaban J connectivity index is 2.11. The number of nitrogens with zero attached hydrogens (tertiary/aromatic N) is 1. The standard InChI is InChI=1S/C15H28NS/c1-13-12-15(14(2)17-13)10-8-6-7-9-11-16(3,4)5/h12H,6-11H2,1-5H3/q+1. The highest BCUT2D eigenvalue weighted by Crippen LogP contribution is 2.22. The van der Waals surface area contributed by atoms with Crippen LogP contribution in [0.1, 0.15) is 41.0 Å². The Morgan fingerprint density at radius 3 is 2.18 bits per heavy atom. The summed E-state index contributed by atoms with van der Waals surface area (Å²) in [4.78, 5) is 2.98. The van der Waals surface area contributed by atoms with Crippen molar-refractivity contribution in [2.24, 2.45) is 0 Å². The molecule has 1 rings (SSSR count). The largest absolute Gasteiger partial charge is 0.331 e. The van der Waals surface area contributed by atoms with E-state index < -0.39 is 0 Å². The number of hydrogen-bond donors (Lipinski definition) is 0. The van der Waals surface area contributed by atoms with Crippen molar-refractivity contribution in [1.82, 2.24) is 0 Å². The third-order valence-electron chi connectivity index (χ3n) is 3.17. The van der Waals surface area contributed by atoms with Crippen LogP contribution >= 0.6 is 11.3 Å². The number of quaternary nitrogens is 1. The summed E-state index contributed by atoms with van der Waals surface area (Å²) in [5, 5.41) is 0. The van der Waals surface area contributed by atoms with E-state index in [9.17, 15) is 0 Å². The number of rotatable bonds is 7. The summed E-state index contributed by atoms with van der Waals surface area (Å²) in [7, 11) is 6.83. The fraction of sp³-hybridized carbons (Fsp3) is 0.733. The molecule has 0 radical (unpaired) electrons. The second-order valence-corrected chi connectivity index (χ2v) is 7.58. The fourth-order valence-corrected chi connectivity index (χ4v) is 3.16. The molecule has 0 atom stereocenters. The first kappa shape index (κ1) is 14.7. The van der Waals surface area contributed by atoms with Crippen LogP contribution in [0.25, 0.3) is 0 Å². The van der Waals surface area contributed by atoms with Gasteiger partial charge in [0, 0.05) is 9.75 Å². The van der Waals surface area contributed by atoms with E-state index in [1.165, 1.54) is 48.4 Å². The Labute approximate surface area is 111 Å². The second kappa shape index (κ2) is 6.55. The number of hydrogen-bond acceptors (Lipinski definition) is 1. The zero-order chi connectivity index (χ0) is 12.9. The van der Waals surface area contributed by atoms with E-state index in [-0.39, 0.29) is 0 Å². The first-order chi connectivity index (χ1) is 7.88. The number of unbranched alkanes of at least 4 members (excludes halogenated alkanes) is 3. The smallest absolute Gasteiger partial charge is 0.0780 e. The van der Waals surface area contributed by atoms with Crippen molar-refractivity contribution >= 4 is 11.3 Å². The lowest BCUT2D eigenvalue weighted by Crippen LogP contribution is -2.35. The Hall–Kier alpha value is -0.340. The topological polar surface area (TPSA) is 0 Å². The molecule has 0 saturated carbocycles. The zero-order valence-corrected chi connectivity index (χ0v) is 13.0. The molecular formula is C15H28NS+. The van der Waals surface area contributed by atoms with E-state index >= 15 is 0 Å². The van der Waals surface area contributed by atoms with Crippen molar-refractivity contribution in [3.8, 4) is 0 Å². The molecule has 0 unspecified atom stereocenters. The highest BCUT2D eigenvalue weighted by Gasteiger charge is 2.06. The van der Waals surface area contributed by atoms with E-state index in [0.29, 0.717) is 0 Å². The maximum Gasteiger partial charge on any atom is 0.0780 e. The van der Waals surface area contributed by atoms with Gasteiger partial charge >= 0.3 is 0 Å². The molecule has 1 nitrogen and oxygen atoms in total. The predicted octanol–water partition coefficient (Wildman–Crippen LogP) is 4.17. The quantitative estimate of drug-likeness (QED) is 0.506. The molecule has 0 aliphatic rings. The van der Waals surface area contributed by atoms with Crippen molar-refractivity contribution in [2.45, 2.75) is 46.0 Å². The number of aryl methyl sites for hydroxylation is 3. The van der Waals surface area contributed by atoms with Crippen molar-refractivity contribution in [1.29, 1.82) is 0 Å². The van der Waals surface area contributed by atoms with E-state index in [1.54, 1.807) is 5.56 Å². The molecule has 1 aromatic rings. The van der Waals surface area contributed by atoms with E-state index in [2.05, 4.69) is 41.1 Å².